The largest absolute Gasteiger partial charge is 0.494 e. The summed E-state index contributed by atoms with van der Waals surface area (Å²) >= 11 is 0. The Morgan fingerprint density at radius 3 is 2.42 bits per heavy atom. The van der Waals surface area contributed by atoms with E-state index in [9.17, 15) is 19.7 Å². The molecule has 9 nitrogen and oxygen atoms in total. The molecule has 2 aromatic carbocycles. The molecule has 2 amide bonds. The van der Waals surface area contributed by atoms with E-state index in [4.69, 9.17) is 9.47 Å². The maximum absolute atomic E-state index is 11.9. The lowest BCUT2D eigenvalue weighted by Gasteiger charge is -2.09. The Morgan fingerprint density at radius 1 is 1.04 bits per heavy atom. The molecule has 0 aromatic heterocycles. The Morgan fingerprint density at radius 2 is 1.77 bits per heavy atom. The SMILES string of the molecule is CCOc1ccc(C(=O)NNC(=O)COc2cccc([N+](=O)[O-])c2)cc1. The van der Waals surface area contributed by atoms with Crippen molar-refractivity contribution in [3.63, 3.8) is 0 Å². The molecule has 0 aliphatic carbocycles. The van der Waals surface area contributed by atoms with E-state index in [1.54, 1.807) is 24.3 Å². The summed E-state index contributed by atoms with van der Waals surface area (Å²) in [7, 11) is 0. The first-order valence-corrected chi connectivity index (χ1v) is 7.69. The molecule has 0 radical (unpaired) electrons. The Bertz CT molecular complexity index is 791. The molecule has 9 heteroatoms. The third-order valence-electron chi connectivity index (χ3n) is 3.14. The maximum Gasteiger partial charge on any atom is 0.276 e. The number of benzene rings is 2. The summed E-state index contributed by atoms with van der Waals surface area (Å²) in [5.41, 5.74) is 4.64. The summed E-state index contributed by atoms with van der Waals surface area (Å²) in [4.78, 5) is 33.7. The van der Waals surface area contributed by atoms with Crippen molar-refractivity contribution in [2.24, 2.45) is 0 Å². The number of carbonyl (C=O) groups excluding carboxylic acids is 2. The standard InChI is InChI=1S/C17H17N3O6/c1-2-25-14-8-6-12(7-9-14)17(22)19-18-16(21)11-26-15-5-3-4-13(10-15)20(23)24/h3-10H,2,11H2,1H3,(H,18,21)(H,19,22). The van der Waals surface area contributed by atoms with E-state index in [2.05, 4.69) is 10.9 Å². The van der Waals surface area contributed by atoms with Crippen molar-refractivity contribution in [2.75, 3.05) is 13.2 Å². The van der Waals surface area contributed by atoms with Gasteiger partial charge >= 0.3 is 0 Å². The minimum absolute atomic E-state index is 0.147. The van der Waals surface area contributed by atoms with Crippen molar-refractivity contribution in [1.82, 2.24) is 10.9 Å². The molecule has 2 rings (SSSR count). The summed E-state index contributed by atoms with van der Waals surface area (Å²) in [6.45, 7) is 1.96. The molecule has 0 aliphatic heterocycles. The van der Waals surface area contributed by atoms with E-state index in [0.29, 0.717) is 17.9 Å². The van der Waals surface area contributed by atoms with E-state index >= 15 is 0 Å². The van der Waals surface area contributed by atoms with Gasteiger partial charge in [-0.25, -0.2) is 0 Å². The maximum atomic E-state index is 11.9. The summed E-state index contributed by atoms with van der Waals surface area (Å²) in [5.74, 6) is -0.307. The van der Waals surface area contributed by atoms with Crippen LogP contribution < -0.4 is 20.3 Å². The van der Waals surface area contributed by atoms with Crippen molar-refractivity contribution in [3.8, 4) is 11.5 Å². The molecule has 0 atom stereocenters. The van der Waals surface area contributed by atoms with Crippen LogP contribution in [-0.4, -0.2) is 30.0 Å². The summed E-state index contributed by atoms with van der Waals surface area (Å²) in [5, 5.41) is 10.7. The van der Waals surface area contributed by atoms with Gasteiger partial charge in [0.2, 0.25) is 0 Å². The predicted molar refractivity (Wildman–Crippen MR) is 91.8 cm³/mol. The average molecular weight is 359 g/mol. The Hall–Kier alpha value is -3.62. The van der Waals surface area contributed by atoms with E-state index in [-0.39, 0.29) is 11.4 Å². The molecule has 2 aromatic rings. The monoisotopic (exact) mass is 359 g/mol. The smallest absolute Gasteiger partial charge is 0.276 e. The molecule has 0 fully saturated rings. The number of nitro benzene ring substituents is 1. The Kier molecular flexibility index (Phi) is 6.49. The predicted octanol–water partition coefficient (Wildman–Crippen LogP) is 1.83. The molecule has 0 saturated carbocycles. The van der Waals surface area contributed by atoms with Gasteiger partial charge in [0.05, 0.1) is 17.6 Å². The quantitative estimate of drug-likeness (QED) is 0.575. The van der Waals surface area contributed by atoms with Gasteiger partial charge in [0, 0.05) is 11.6 Å². The van der Waals surface area contributed by atoms with Crippen molar-refractivity contribution in [1.29, 1.82) is 0 Å². The van der Waals surface area contributed by atoms with Gasteiger partial charge in [-0.15, -0.1) is 0 Å². The highest BCUT2D eigenvalue weighted by Gasteiger charge is 2.10. The second kappa shape index (κ2) is 9.02. The molecule has 2 N–H and O–H groups in total. The van der Waals surface area contributed by atoms with Crippen LogP contribution in [0.2, 0.25) is 0 Å². The molecule has 26 heavy (non-hydrogen) atoms. The second-order valence-corrected chi connectivity index (χ2v) is 5.00. The molecule has 0 bridgehead atoms. The third-order valence-corrected chi connectivity index (χ3v) is 3.14. The molecule has 0 saturated heterocycles. The second-order valence-electron chi connectivity index (χ2n) is 5.00. The topological polar surface area (TPSA) is 120 Å². The molecule has 0 unspecified atom stereocenters. The van der Waals surface area contributed by atoms with Crippen LogP contribution in [-0.2, 0) is 4.79 Å². The number of amides is 2. The number of nitrogens with zero attached hydrogens (tertiary/aromatic N) is 1. The first kappa shape index (κ1) is 18.7. The van der Waals surface area contributed by atoms with Crippen LogP contribution in [0.5, 0.6) is 11.5 Å². The lowest BCUT2D eigenvalue weighted by Crippen LogP contribution is -2.43. The molecule has 136 valence electrons. The number of rotatable bonds is 7. The molecular weight excluding hydrogens is 342 g/mol. The number of nitro groups is 1. The fourth-order valence-electron chi connectivity index (χ4n) is 1.94. The van der Waals surface area contributed by atoms with Gasteiger partial charge < -0.3 is 9.47 Å². The highest BCUT2D eigenvalue weighted by atomic mass is 16.6. The fraction of sp³-hybridized carbons (Fsp3) is 0.176. The highest BCUT2D eigenvalue weighted by molar-refractivity contribution is 5.95. The van der Waals surface area contributed by atoms with Crippen LogP contribution in [0.1, 0.15) is 17.3 Å². The van der Waals surface area contributed by atoms with Gasteiger partial charge in [0.1, 0.15) is 11.5 Å². The van der Waals surface area contributed by atoms with Crippen LogP contribution in [0, 0.1) is 10.1 Å². The van der Waals surface area contributed by atoms with Crippen LogP contribution >= 0.6 is 0 Å². The number of carbonyl (C=O) groups is 2. The fourth-order valence-corrected chi connectivity index (χ4v) is 1.94. The van der Waals surface area contributed by atoms with Gasteiger partial charge in [-0.3, -0.25) is 30.6 Å². The van der Waals surface area contributed by atoms with Crippen LogP contribution in [0.3, 0.4) is 0 Å². The lowest BCUT2D eigenvalue weighted by molar-refractivity contribution is -0.384. The number of nitrogens with one attached hydrogen (secondary N) is 2. The van der Waals surface area contributed by atoms with Crippen molar-refractivity contribution in [2.45, 2.75) is 6.92 Å². The van der Waals surface area contributed by atoms with Crippen LogP contribution in [0.4, 0.5) is 5.69 Å². The number of hydrazine groups is 1. The number of non-ortho nitro benzene ring substituents is 1. The third kappa shape index (κ3) is 5.48. The minimum Gasteiger partial charge on any atom is -0.494 e. The molecule has 0 heterocycles. The zero-order chi connectivity index (χ0) is 18.9. The van der Waals surface area contributed by atoms with Gasteiger partial charge in [0.15, 0.2) is 6.61 Å². The number of hydrogen-bond acceptors (Lipinski definition) is 6. The van der Waals surface area contributed by atoms with E-state index in [1.807, 2.05) is 6.92 Å². The minimum atomic E-state index is -0.615. The molecular formula is C17H17N3O6. The van der Waals surface area contributed by atoms with E-state index in [1.165, 1.54) is 24.3 Å². The van der Waals surface area contributed by atoms with Crippen LogP contribution in [0.15, 0.2) is 48.5 Å². The van der Waals surface area contributed by atoms with Crippen LogP contribution in [0.25, 0.3) is 0 Å². The van der Waals surface area contributed by atoms with Gasteiger partial charge in [0.25, 0.3) is 17.5 Å². The Labute approximate surface area is 149 Å². The van der Waals surface area contributed by atoms with Crippen molar-refractivity contribution < 1.29 is 24.0 Å². The average Bonchev–Trinajstić information content (AvgIpc) is 2.65. The Balaban J connectivity index is 1.80. The summed E-state index contributed by atoms with van der Waals surface area (Å²) < 4.78 is 10.4. The zero-order valence-corrected chi connectivity index (χ0v) is 13.9. The summed E-state index contributed by atoms with van der Waals surface area (Å²) in [6.07, 6.45) is 0. The zero-order valence-electron chi connectivity index (χ0n) is 13.9. The van der Waals surface area contributed by atoms with E-state index in [0.717, 1.165) is 0 Å². The first-order valence-electron chi connectivity index (χ1n) is 7.69. The molecule has 0 spiro atoms. The van der Waals surface area contributed by atoms with Gasteiger partial charge in [-0.1, -0.05) is 6.07 Å². The summed E-state index contributed by atoms with van der Waals surface area (Å²) in [6, 6.07) is 11.9. The highest BCUT2D eigenvalue weighted by Crippen LogP contribution is 2.18. The van der Waals surface area contributed by atoms with E-state index < -0.39 is 23.3 Å². The number of ether oxygens (including phenoxy) is 2. The van der Waals surface area contributed by atoms with Crippen molar-refractivity contribution in [3.05, 3.63) is 64.2 Å². The number of hydrogen-bond donors (Lipinski definition) is 2. The van der Waals surface area contributed by atoms with Gasteiger partial charge in [-0.05, 0) is 37.3 Å². The first-order chi connectivity index (χ1) is 12.5. The normalized spacial score (nSPS) is 9.88. The van der Waals surface area contributed by atoms with Crippen molar-refractivity contribution >= 4 is 17.5 Å². The van der Waals surface area contributed by atoms with Gasteiger partial charge in [-0.2, -0.15) is 0 Å². The molecule has 0 aliphatic rings. The lowest BCUT2D eigenvalue weighted by atomic mass is 10.2.